The second-order valence-electron chi connectivity index (χ2n) is 5.82. The van der Waals surface area contributed by atoms with Gasteiger partial charge in [0.15, 0.2) is 0 Å². The minimum atomic E-state index is -1.33. The van der Waals surface area contributed by atoms with E-state index in [0.717, 1.165) is 17.5 Å². The monoisotopic (exact) mass is 364 g/mol. The Balaban J connectivity index is 1.92. The van der Waals surface area contributed by atoms with Crippen molar-refractivity contribution >= 4 is 16.7 Å². The summed E-state index contributed by atoms with van der Waals surface area (Å²) in [5.41, 5.74) is 2.63. The highest BCUT2D eigenvalue weighted by Crippen LogP contribution is 2.23. The van der Waals surface area contributed by atoms with Gasteiger partial charge in [-0.25, -0.2) is 4.98 Å². The fourth-order valence-electron chi connectivity index (χ4n) is 2.31. The minimum Gasteiger partial charge on any atom is -0.441 e. The number of hydrogen-bond donors (Lipinski definition) is 1. The molecular formula is C18H24N2O4S. The van der Waals surface area contributed by atoms with Crippen molar-refractivity contribution in [3.63, 3.8) is 0 Å². The fourth-order valence-corrected chi connectivity index (χ4v) is 3.38. The molecule has 1 atom stereocenters. The van der Waals surface area contributed by atoms with Gasteiger partial charge in [0.2, 0.25) is 11.8 Å². The first-order chi connectivity index (χ1) is 12.0. The summed E-state index contributed by atoms with van der Waals surface area (Å²) in [4.78, 5) is 16.2. The highest BCUT2D eigenvalue weighted by Gasteiger charge is 2.16. The van der Waals surface area contributed by atoms with E-state index >= 15 is 0 Å². The molecule has 1 heterocycles. The molecule has 25 heavy (non-hydrogen) atoms. The molecule has 0 saturated heterocycles. The average molecular weight is 364 g/mol. The van der Waals surface area contributed by atoms with Crippen molar-refractivity contribution in [1.29, 1.82) is 0 Å². The number of amides is 1. The van der Waals surface area contributed by atoms with Crippen LogP contribution in [0, 0.1) is 13.8 Å². The number of carbonyl (C=O) groups is 1. The number of hydrogen-bond acceptors (Lipinski definition) is 5. The van der Waals surface area contributed by atoms with Crippen LogP contribution in [0.5, 0.6) is 0 Å². The maximum Gasteiger partial charge on any atom is 0.232 e. The lowest BCUT2D eigenvalue weighted by molar-refractivity contribution is -0.118. The molecule has 7 heteroatoms. The average Bonchev–Trinajstić information content (AvgIpc) is 2.92. The topological polar surface area (TPSA) is 81.4 Å². The summed E-state index contributed by atoms with van der Waals surface area (Å²) in [5.74, 6) is 1.07. The van der Waals surface area contributed by atoms with Crippen molar-refractivity contribution in [1.82, 2.24) is 10.3 Å². The Morgan fingerprint density at radius 3 is 2.88 bits per heavy atom. The van der Waals surface area contributed by atoms with Gasteiger partial charge in [-0.15, -0.1) is 0 Å². The Bertz CT molecular complexity index is 742. The predicted octanol–water partition coefficient (Wildman–Crippen LogP) is 2.36. The number of ether oxygens (including phenoxy) is 1. The summed E-state index contributed by atoms with van der Waals surface area (Å²) in [6.45, 7) is 4.90. The Hall–Kier alpha value is -1.99. The number of oxazole rings is 1. The van der Waals surface area contributed by atoms with Crippen LogP contribution in [0.1, 0.15) is 23.4 Å². The van der Waals surface area contributed by atoms with E-state index in [1.54, 1.807) is 14.0 Å². The van der Waals surface area contributed by atoms with Crippen LogP contribution in [-0.4, -0.2) is 41.1 Å². The lowest BCUT2D eigenvalue weighted by atomic mass is 10.1. The Labute approximate surface area is 150 Å². The molecule has 1 aromatic heterocycles. The Morgan fingerprint density at radius 1 is 1.36 bits per heavy atom. The van der Waals surface area contributed by atoms with Gasteiger partial charge in [-0.3, -0.25) is 9.00 Å². The standard InChI is InChI=1S/C18H24N2O4S/c1-13-6-4-7-15(10-13)18-20-16(14(2)24-18)11-25(22)12-17(21)19-8-5-9-23-3/h4,6-7,10H,5,8-9,11-12H2,1-3H3,(H,19,21)/t25-/m0/s1. The molecule has 2 aromatic rings. The zero-order valence-corrected chi connectivity index (χ0v) is 15.6. The van der Waals surface area contributed by atoms with E-state index < -0.39 is 10.8 Å². The molecule has 6 nitrogen and oxygen atoms in total. The van der Waals surface area contributed by atoms with Crippen LogP contribution in [0.3, 0.4) is 0 Å². The molecule has 136 valence electrons. The molecule has 0 aliphatic heterocycles. The third kappa shape index (κ3) is 6.10. The quantitative estimate of drug-likeness (QED) is 0.691. The molecule has 2 rings (SSSR count). The van der Waals surface area contributed by atoms with Crippen molar-refractivity contribution in [2.75, 3.05) is 26.0 Å². The van der Waals surface area contributed by atoms with Crippen molar-refractivity contribution in [2.24, 2.45) is 0 Å². The van der Waals surface area contributed by atoms with E-state index in [-0.39, 0.29) is 17.4 Å². The number of carbonyl (C=O) groups excluding carboxylic acids is 1. The smallest absolute Gasteiger partial charge is 0.232 e. The van der Waals surface area contributed by atoms with Gasteiger partial charge in [-0.05, 0) is 32.4 Å². The van der Waals surface area contributed by atoms with Crippen molar-refractivity contribution < 1.29 is 18.2 Å². The van der Waals surface area contributed by atoms with Gasteiger partial charge in [0.1, 0.15) is 11.5 Å². The first-order valence-corrected chi connectivity index (χ1v) is 9.62. The van der Waals surface area contributed by atoms with Crippen molar-refractivity contribution in [3.8, 4) is 11.5 Å². The maximum absolute atomic E-state index is 12.2. The largest absolute Gasteiger partial charge is 0.441 e. The molecule has 1 amide bonds. The lowest BCUT2D eigenvalue weighted by Crippen LogP contribution is -2.30. The predicted molar refractivity (Wildman–Crippen MR) is 97.6 cm³/mol. The van der Waals surface area contributed by atoms with Crippen LogP contribution in [0.25, 0.3) is 11.5 Å². The lowest BCUT2D eigenvalue weighted by Gasteiger charge is -2.04. The second kappa shape index (κ2) is 9.48. The van der Waals surface area contributed by atoms with Crippen molar-refractivity contribution in [2.45, 2.75) is 26.0 Å². The van der Waals surface area contributed by atoms with Crippen LogP contribution in [-0.2, 0) is 26.1 Å². The Morgan fingerprint density at radius 2 is 2.16 bits per heavy atom. The van der Waals surface area contributed by atoms with Crippen LogP contribution in [0.4, 0.5) is 0 Å². The molecule has 0 fully saturated rings. The van der Waals surface area contributed by atoms with Gasteiger partial charge in [-0.2, -0.15) is 0 Å². The molecular weight excluding hydrogens is 340 g/mol. The number of aryl methyl sites for hydroxylation is 2. The molecule has 0 radical (unpaired) electrons. The first kappa shape index (κ1) is 19.3. The van der Waals surface area contributed by atoms with E-state index in [1.807, 2.05) is 31.2 Å². The second-order valence-corrected chi connectivity index (χ2v) is 7.27. The number of nitrogens with zero attached hydrogens (tertiary/aromatic N) is 1. The van der Waals surface area contributed by atoms with Gasteiger partial charge in [-0.1, -0.05) is 17.7 Å². The molecule has 0 saturated carbocycles. The van der Waals surface area contributed by atoms with Crippen molar-refractivity contribution in [3.05, 3.63) is 41.3 Å². The summed E-state index contributed by atoms with van der Waals surface area (Å²) in [5, 5.41) is 2.73. The number of nitrogens with one attached hydrogen (secondary N) is 1. The van der Waals surface area contributed by atoms with Crippen LogP contribution in [0.15, 0.2) is 28.7 Å². The Kier molecular flexibility index (Phi) is 7.33. The molecule has 0 unspecified atom stereocenters. The summed E-state index contributed by atoms with van der Waals surface area (Å²) in [6, 6.07) is 7.85. The summed E-state index contributed by atoms with van der Waals surface area (Å²) in [7, 11) is 0.281. The van der Waals surface area contributed by atoms with Crippen LogP contribution in [0.2, 0.25) is 0 Å². The first-order valence-electron chi connectivity index (χ1n) is 8.13. The van der Waals surface area contributed by atoms with E-state index in [9.17, 15) is 9.00 Å². The van der Waals surface area contributed by atoms with E-state index in [4.69, 9.17) is 9.15 Å². The fraction of sp³-hybridized carbons (Fsp3) is 0.444. The molecule has 1 aromatic carbocycles. The summed E-state index contributed by atoms with van der Waals surface area (Å²) < 4.78 is 22.8. The van der Waals surface area contributed by atoms with E-state index in [1.165, 1.54) is 0 Å². The van der Waals surface area contributed by atoms with Gasteiger partial charge in [0.25, 0.3) is 0 Å². The minimum absolute atomic E-state index is 0.0426. The number of benzene rings is 1. The maximum atomic E-state index is 12.2. The van der Waals surface area contributed by atoms with Crippen LogP contribution < -0.4 is 5.32 Å². The van der Waals surface area contributed by atoms with E-state index in [2.05, 4.69) is 10.3 Å². The molecule has 0 aliphatic rings. The SMILES string of the molecule is COCCCNC(=O)C[S@@](=O)Cc1nc(-c2cccc(C)c2)oc1C. The zero-order chi connectivity index (χ0) is 18.2. The molecule has 0 bridgehead atoms. The molecule has 0 spiro atoms. The highest BCUT2D eigenvalue weighted by atomic mass is 32.2. The van der Waals surface area contributed by atoms with Crippen LogP contribution >= 0.6 is 0 Å². The number of aromatic nitrogens is 1. The third-order valence-corrected chi connectivity index (χ3v) is 4.77. The summed E-state index contributed by atoms with van der Waals surface area (Å²) in [6.07, 6.45) is 0.733. The normalized spacial score (nSPS) is 12.1. The van der Waals surface area contributed by atoms with Gasteiger partial charge in [0.05, 0.1) is 11.4 Å². The summed E-state index contributed by atoms with van der Waals surface area (Å²) >= 11 is 0. The number of methoxy groups -OCH3 is 1. The van der Waals surface area contributed by atoms with E-state index in [0.29, 0.717) is 30.5 Å². The molecule has 1 N–H and O–H groups in total. The third-order valence-electron chi connectivity index (χ3n) is 3.59. The van der Waals surface area contributed by atoms with Gasteiger partial charge in [0, 0.05) is 36.6 Å². The zero-order valence-electron chi connectivity index (χ0n) is 14.8. The molecule has 0 aliphatic carbocycles. The number of rotatable bonds is 9. The van der Waals surface area contributed by atoms with Gasteiger partial charge < -0.3 is 14.5 Å². The highest BCUT2D eigenvalue weighted by molar-refractivity contribution is 7.84. The van der Waals surface area contributed by atoms with Gasteiger partial charge >= 0.3 is 0 Å².